The van der Waals surface area contributed by atoms with E-state index in [1.54, 1.807) is 6.92 Å². The predicted molar refractivity (Wildman–Crippen MR) is 68.7 cm³/mol. The predicted octanol–water partition coefficient (Wildman–Crippen LogP) is 3.33. The van der Waals surface area contributed by atoms with E-state index in [0.717, 1.165) is 12.8 Å². The molecular weight excluding hydrogens is 222 g/mol. The van der Waals surface area contributed by atoms with Gasteiger partial charge in [0, 0.05) is 6.04 Å². The van der Waals surface area contributed by atoms with Gasteiger partial charge in [0.2, 0.25) is 5.91 Å². The van der Waals surface area contributed by atoms with E-state index in [9.17, 15) is 4.79 Å². The fourth-order valence-electron chi connectivity index (χ4n) is 3.26. The van der Waals surface area contributed by atoms with Gasteiger partial charge in [-0.3, -0.25) is 4.79 Å². The zero-order chi connectivity index (χ0) is 12.6. The largest absolute Gasteiger partial charge is 0.352 e. The van der Waals surface area contributed by atoms with Crippen molar-refractivity contribution in [1.82, 2.24) is 5.32 Å². The van der Waals surface area contributed by atoms with Crippen molar-refractivity contribution in [2.24, 2.45) is 10.8 Å². The lowest BCUT2D eigenvalue weighted by Crippen LogP contribution is -2.47. The average molecular weight is 246 g/mol. The molecule has 3 heteroatoms. The Morgan fingerprint density at radius 3 is 2.06 bits per heavy atom. The van der Waals surface area contributed by atoms with Crippen molar-refractivity contribution in [3.63, 3.8) is 0 Å². The van der Waals surface area contributed by atoms with Crippen LogP contribution in [0.3, 0.4) is 0 Å². The van der Waals surface area contributed by atoms with Gasteiger partial charge in [-0.2, -0.15) is 0 Å². The molecule has 0 spiro atoms. The summed E-state index contributed by atoms with van der Waals surface area (Å²) in [7, 11) is 0. The summed E-state index contributed by atoms with van der Waals surface area (Å²) in [5.74, 6) is -0.0415. The van der Waals surface area contributed by atoms with Gasteiger partial charge in [-0.25, -0.2) is 0 Å². The molecule has 1 atom stereocenters. The van der Waals surface area contributed by atoms with Crippen LogP contribution in [0.5, 0.6) is 0 Å². The zero-order valence-corrected chi connectivity index (χ0v) is 11.8. The van der Waals surface area contributed by atoms with Gasteiger partial charge in [-0.05, 0) is 37.0 Å². The van der Waals surface area contributed by atoms with Crippen molar-refractivity contribution in [2.45, 2.75) is 65.3 Å². The van der Waals surface area contributed by atoms with Crippen molar-refractivity contribution in [3.8, 4) is 0 Å². The highest BCUT2D eigenvalue weighted by molar-refractivity contribution is 6.30. The highest BCUT2D eigenvalue weighted by Crippen LogP contribution is 2.45. The lowest BCUT2D eigenvalue weighted by molar-refractivity contribution is -0.122. The molecule has 0 aromatic rings. The molecule has 0 saturated heterocycles. The van der Waals surface area contributed by atoms with Crippen molar-refractivity contribution in [2.75, 3.05) is 0 Å². The molecule has 1 N–H and O–H groups in total. The monoisotopic (exact) mass is 245 g/mol. The molecule has 0 heterocycles. The number of rotatable bonds is 2. The Hall–Kier alpha value is -0.240. The maximum atomic E-state index is 11.6. The van der Waals surface area contributed by atoms with Crippen LogP contribution in [0.1, 0.15) is 53.9 Å². The standard InChI is InChI=1S/C13H24ClNO/c1-9(14)11(16)15-10-6-12(2,3)8-13(4,5)7-10/h9-10H,6-8H2,1-5H3,(H,15,16). The maximum Gasteiger partial charge on any atom is 0.237 e. The third-order valence-electron chi connectivity index (χ3n) is 3.26. The molecule has 0 aromatic heterocycles. The highest BCUT2D eigenvalue weighted by atomic mass is 35.5. The number of carbonyl (C=O) groups excluding carboxylic acids is 1. The molecule has 0 aromatic carbocycles. The van der Waals surface area contributed by atoms with Crippen LogP contribution in [0.15, 0.2) is 0 Å². The summed E-state index contributed by atoms with van der Waals surface area (Å²) >= 11 is 5.78. The number of halogens is 1. The molecule has 94 valence electrons. The van der Waals surface area contributed by atoms with E-state index in [-0.39, 0.29) is 11.9 Å². The summed E-state index contributed by atoms with van der Waals surface area (Å²) in [6, 6.07) is 0.271. The number of amides is 1. The van der Waals surface area contributed by atoms with E-state index in [4.69, 9.17) is 11.6 Å². The molecule has 1 rings (SSSR count). The molecule has 2 nitrogen and oxygen atoms in total. The van der Waals surface area contributed by atoms with Crippen LogP contribution in [0, 0.1) is 10.8 Å². The van der Waals surface area contributed by atoms with Gasteiger partial charge in [-0.15, -0.1) is 11.6 Å². The van der Waals surface area contributed by atoms with Gasteiger partial charge in [0.25, 0.3) is 0 Å². The molecule has 1 aliphatic carbocycles. The van der Waals surface area contributed by atoms with E-state index in [0.29, 0.717) is 10.8 Å². The van der Waals surface area contributed by atoms with Crippen LogP contribution in [-0.4, -0.2) is 17.3 Å². The van der Waals surface area contributed by atoms with Crippen molar-refractivity contribution in [3.05, 3.63) is 0 Å². The quantitative estimate of drug-likeness (QED) is 0.743. The minimum atomic E-state index is -0.437. The van der Waals surface area contributed by atoms with Gasteiger partial charge in [0.1, 0.15) is 5.38 Å². The van der Waals surface area contributed by atoms with Crippen LogP contribution in [-0.2, 0) is 4.79 Å². The second-order valence-electron chi connectivity index (χ2n) is 6.73. The Balaban J connectivity index is 2.64. The molecule has 0 bridgehead atoms. The topological polar surface area (TPSA) is 29.1 Å². The molecule has 1 unspecified atom stereocenters. The van der Waals surface area contributed by atoms with Crippen molar-refractivity contribution in [1.29, 1.82) is 0 Å². The van der Waals surface area contributed by atoms with Gasteiger partial charge >= 0.3 is 0 Å². The summed E-state index contributed by atoms with van der Waals surface area (Å²) < 4.78 is 0. The first kappa shape index (κ1) is 13.8. The fourth-order valence-corrected chi connectivity index (χ4v) is 3.33. The minimum absolute atomic E-state index is 0.0415. The van der Waals surface area contributed by atoms with Crippen LogP contribution >= 0.6 is 11.6 Å². The third kappa shape index (κ3) is 3.97. The Kier molecular flexibility index (Phi) is 3.94. The Labute approximate surface area is 104 Å². The van der Waals surface area contributed by atoms with Crippen LogP contribution in [0.4, 0.5) is 0 Å². The first-order valence-electron chi connectivity index (χ1n) is 6.06. The molecule has 0 radical (unpaired) electrons. The second kappa shape index (κ2) is 4.56. The van der Waals surface area contributed by atoms with Crippen LogP contribution in [0.25, 0.3) is 0 Å². The first-order chi connectivity index (χ1) is 7.11. The minimum Gasteiger partial charge on any atom is -0.352 e. The van der Waals surface area contributed by atoms with E-state index in [2.05, 4.69) is 33.0 Å². The lowest BCUT2D eigenvalue weighted by atomic mass is 9.63. The van der Waals surface area contributed by atoms with E-state index >= 15 is 0 Å². The van der Waals surface area contributed by atoms with Crippen LogP contribution < -0.4 is 5.32 Å². The normalized spacial score (nSPS) is 26.1. The Morgan fingerprint density at radius 2 is 1.69 bits per heavy atom. The van der Waals surface area contributed by atoms with E-state index in [1.165, 1.54) is 6.42 Å². The summed E-state index contributed by atoms with van der Waals surface area (Å²) in [6.45, 7) is 10.8. The van der Waals surface area contributed by atoms with Crippen LogP contribution in [0.2, 0.25) is 0 Å². The highest BCUT2D eigenvalue weighted by Gasteiger charge is 2.39. The van der Waals surface area contributed by atoms with E-state index in [1.807, 2.05) is 0 Å². The number of nitrogens with one attached hydrogen (secondary N) is 1. The maximum absolute atomic E-state index is 11.6. The number of hydrogen-bond acceptors (Lipinski definition) is 1. The van der Waals surface area contributed by atoms with Gasteiger partial charge in [-0.1, -0.05) is 27.7 Å². The summed E-state index contributed by atoms with van der Waals surface area (Å²) in [6.07, 6.45) is 3.31. The number of alkyl halides is 1. The molecule has 16 heavy (non-hydrogen) atoms. The molecular formula is C13H24ClNO. The lowest BCUT2D eigenvalue weighted by Gasteiger charge is -2.45. The second-order valence-corrected chi connectivity index (χ2v) is 7.39. The number of carbonyl (C=O) groups is 1. The summed E-state index contributed by atoms with van der Waals surface area (Å²) in [5.41, 5.74) is 0.602. The smallest absolute Gasteiger partial charge is 0.237 e. The van der Waals surface area contributed by atoms with Gasteiger partial charge in [0.05, 0.1) is 0 Å². The van der Waals surface area contributed by atoms with Crippen molar-refractivity contribution >= 4 is 17.5 Å². The first-order valence-corrected chi connectivity index (χ1v) is 6.49. The summed E-state index contributed by atoms with van der Waals surface area (Å²) in [4.78, 5) is 11.6. The summed E-state index contributed by atoms with van der Waals surface area (Å²) in [5, 5.41) is 2.62. The molecule has 1 fully saturated rings. The van der Waals surface area contributed by atoms with Gasteiger partial charge in [0.15, 0.2) is 0 Å². The third-order valence-corrected chi connectivity index (χ3v) is 3.46. The molecule has 1 amide bonds. The SMILES string of the molecule is CC(Cl)C(=O)NC1CC(C)(C)CC(C)(C)C1. The number of hydrogen-bond donors (Lipinski definition) is 1. The van der Waals surface area contributed by atoms with E-state index < -0.39 is 5.38 Å². The molecule has 0 aliphatic heterocycles. The molecule has 1 saturated carbocycles. The average Bonchev–Trinajstić information content (AvgIpc) is 1.96. The van der Waals surface area contributed by atoms with Gasteiger partial charge < -0.3 is 5.32 Å². The fraction of sp³-hybridized carbons (Fsp3) is 0.923. The Morgan fingerprint density at radius 1 is 1.25 bits per heavy atom. The van der Waals surface area contributed by atoms with Crippen molar-refractivity contribution < 1.29 is 4.79 Å². The zero-order valence-electron chi connectivity index (χ0n) is 11.1. The molecule has 1 aliphatic rings. The Bertz CT molecular complexity index is 255.